The molecule has 0 bridgehead atoms. The van der Waals surface area contributed by atoms with Gasteiger partial charge in [0.25, 0.3) is 0 Å². The third-order valence-electron chi connectivity index (χ3n) is 7.68. The van der Waals surface area contributed by atoms with Crippen LogP contribution in [-0.2, 0) is 17.8 Å². The van der Waals surface area contributed by atoms with Gasteiger partial charge in [-0.1, -0.05) is 48.4 Å². The van der Waals surface area contributed by atoms with Crippen LogP contribution >= 0.6 is 11.6 Å². The molecule has 0 aromatic heterocycles. The lowest BCUT2D eigenvalue weighted by Gasteiger charge is -2.41. The molecule has 2 unspecified atom stereocenters. The number of piperidine rings is 2. The van der Waals surface area contributed by atoms with Gasteiger partial charge >= 0.3 is 0 Å². The Labute approximate surface area is 201 Å². The van der Waals surface area contributed by atoms with Crippen LogP contribution in [0.1, 0.15) is 43.2 Å². The molecular formula is C27H34ClN3O2. The van der Waals surface area contributed by atoms with E-state index in [-0.39, 0.29) is 24.1 Å². The minimum atomic E-state index is -0.361. The molecule has 5 nitrogen and oxygen atoms in total. The number of fused-ring (bicyclic) bond motifs is 1. The average molecular weight is 468 g/mol. The molecule has 1 N–H and O–H groups in total. The number of carbonyl (C=O) groups is 1. The quantitative estimate of drug-likeness (QED) is 0.711. The lowest BCUT2D eigenvalue weighted by molar-refractivity contribution is -0.136. The van der Waals surface area contributed by atoms with Crippen molar-refractivity contribution in [1.29, 1.82) is 0 Å². The van der Waals surface area contributed by atoms with E-state index in [1.165, 1.54) is 24.8 Å². The van der Waals surface area contributed by atoms with Crippen molar-refractivity contribution < 1.29 is 9.90 Å². The zero-order valence-electron chi connectivity index (χ0n) is 19.2. The highest BCUT2D eigenvalue weighted by Crippen LogP contribution is 2.35. The molecule has 2 aromatic carbocycles. The first-order valence-corrected chi connectivity index (χ1v) is 12.8. The van der Waals surface area contributed by atoms with Crippen molar-refractivity contribution in [3.8, 4) is 0 Å². The fourth-order valence-electron chi connectivity index (χ4n) is 5.76. The molecular weight excluding hydrogens is 434 g/mol. The van der Waals surface area contributed by atoms with E-state index in [4.69, 9.17) is 11.6 Å². The number of anilines is 1. The van der Waals surface area contributed by atoms with Crippen molar-refractivity contribution in [2.24, 2.45) is 5.92 Å². The molecule has 33 heavy (non-hydrogen) atoms. The highest BCUT2D eigenvalue weighted by Gasteiger charge is 2.39. The molecule has 176 valence electrons. The molecule has 2 fully saturated rings. The van der Waals surface area contributed by atoms with Crippen LogP contribution in [0.15, 0.2) is 48.5 Å². The third kappa shape index (κ3) is 4.91. The second-order valence-corrected chi connectivity index (χ2v) is 10.2. The predicted molar refractivity (Wildman–Crippen MR) is 132 cm³/mol. The molecule has 0 aliphatic carbocycles. The number of nitrogens with zero attached hydrogens (tertiary/aromatic N) is 3. The van der Waals surface area contributed by atoms with Crippen molar-refractivity contribution in [2.75, 3.05) is 31.1 Å². The van der Waals surface area contributed by atoms with E-state index in [2.05, 4.69) is 28.0 Å². The highest BCUT2D eigenvalue weighted by atomic mass is 35.5. The van der Waals surface area contributed by atoms with E-state index in [1.54, 1.807) is 0 Å². The summed E-state index contributed by atoms with van der Waals surface area (Å²) in [6, 6.07) is 16.1. The van der Waals surface area contributed by atoms with Gasteiger partial charge in [0, 0.05) is 55.8 Å². The van der Waals surface area contributed by atoms with E-state index >= 15 is 0 Å². The summed E-state index contributed by atoms with van der Waals surface area (Å²) in [4.78, 5) is 20.2. The Morgan fingerprint density at radius 2 is 1.67 bits per heavy atom. The number of aliphatic hydroxyl groups is 1. The number of halogens is 1. The second-order valence-electron chi connectivity index (χ2n) is 9.78. The largest absolute Gasteiger partial charge is 0.378 e. The van der Waals surface area contributed by atoms with Crippen LogP contribution < -0.4 is 4.90 Å². The second kappa shape index (κ2) is 10.0. The normalized spacial score (nSPS) is 22.9. The molecule has 2 atom stereocenters. The maximum absolute atomic E-state index is 13.7. The van der Waals surface area contributed by atoms with Gasteiger partial charge in [0.15, 0.2) is 0 Å². The molecule has 0 saturated carbocycles. The van der Waals surface area contributed by atoms with Gasteiger partial charge in [-0.25, -0.2) is 0 Å². The number of hydrogen-bond donors (Lipinski definition) is 1. The number of para-hydroxylation sites is 1. The van der Waals surface area contributed by atoms with Gasteiger partial charge in [-0.3, -0.25) is 9.69 Å². The van der Waals surface area contributed by atoms with Crippen LogP contribution in [0, 0.1) is 5.92 Å². The van der Waals surface area contributed by atoms with E-state index in [9.17, 15) is 9.90 Å². The van der Waals surface area contributed by atoms with E-state index < -0.39 is 0 Å². The minimum Gasteiger partial charge on any atom is -0.378 e. The van der Waals surface area contributed by atoms with Crippen LogP contribution in [0.25, 0.3) is 0 Å². The zero-order chi connectivity index (χ0) is 22.8. The van der Waals surface area contributed by atoms with Crippen molar-refractivity contribution in [3.63, 3.8) is 0 Å². The van der Waals surface area contributed by atoms with Crippen LogP contribution in [-0.4, -0.2) is 59.3 Å². The van der Waals surface area contributed by atoms with Crippen LogP contribution in [0.3, 0.4) is 0 Å². The summed E-state index contributed by atoms with van der Waals surface area (Å²) in [5, 5.41) is 11.6. The summed E-state index contributed by atoms with van der Waals surface area (Å²) in [6.07, 6.45) is 5.77. The summed E-state index contributed by atoms with van der Waals surface area (Å²) in [7, 11) is 0. The maximum Gasteiger partial charge on any atom is 0.245 e. The first-order chi connectivity index (χ1) is 16.1. The first kappa shape index (κ1) is 22.7. The van der Waals surface area contributed by atoms with Gasteiger partial charge in [0.05, 0.1) is 0 Å². The van der Waals surface area contributed by atoms with Crippen molar-refractivity contribution >= 4 is 23.2 Å². The number of hydrogen-bond acceptors (Lipinski definition) is 4. The Morgan fingerprint density at radius 3 is 2.39 bits per heavy atom. The Kier molecular flexibility index (Phi) is 6.91. The topological polar surface area (TPSA) is 47.0 Å². The number of amides is 1. The smallest absolute Gasteiger partial charge is 0.245 e. The Hall–Kier alpha value is -2.08. The summed E-state index contributed by atoms with van der Waals surface area (Å²) < 4.78 is 0. The van der Waals surface area contributed by atoms with Crippen molar-refractivity contribution in [3.05, 3.63) is 64.7 Å². The first-order valence-electron chi connectivity index (χ1n) is 12.4. The summed E-state index contributed by atoms with van der Waals surface area (Å²) >= 11 is 6.08. The lowest BCUT2D eigenvalue weighted by Crippen LogP contribution is -2.52. The third-order valence-corrected chi connectivity index (χ3v) is 7.93. The molecule has 6 heteroatoms. The summed E-state index contributed by atoms with van der Waals surface area (Å²) in [5.41, 5.74) is 3.54. The summed E-state index contributed by atoms with van der Waals surface area (Å²) in [5.74, 6) is 0.476. The van der Waals surface area contributed by atoms with Gasteiger partial charge < -0.3 is 14.9 Å². The van der Waals surface area contributed by atoms with Gasteiger partial charge in [-0.15, -0.1) is 0 Å². The Morgan fingerprint density at radius 1 is 0.970 bits per heavy atom. The Bertz CT molecular complexity index is 952. The monoisotopic (exact) mass is 467 g/mol. The molecule has 3 aliphatic rings. The van der Waals surface area contributed by atoms with Gasteiger partial charge in [0.1, 0.15) is 12.3 Å². The van der Waals surface area contributed by atoms with Crippen LogP contribution in [0.5, 0.6) is 0 Å². The van der Waals surface area contributed by atoms with Gasteiger partial charge in [-0.2, -0.15) is 0 Å². The molecule has 0 spiro atoms. The molecule has 2 saturated heterocycles. The molecule has 3 aliphatic heterocycles. The fraction of sp³-hybridized carbons (Fsp3) is 0.519. The van der Waals surface area contributed by atoms with E-state index in [0.717, 1.165) is 61.7 Å². The van der Waals surface area contributed by atoms with Crippen molar-refractivity contribution in [2.45, 2.75) is 57.3 Å². The number of aliphatic hydroxyl groups excluding tert-OH is 1. The molecule has 5 rings (SSSR count). The number of rotatable bonds is 5. The minimum absolute atomic E-state index is 0.179. The standard InChI is InChI=1S/C27H34ClN3O2/c28-23-10-8-20(9-11-23)19-31-24-7-3-2-6-22(24)18-25(31)27(33)30-16-12-21(13-17-30)26(32)29-14-4-1-5-15-29/h2-3,6-11,21,25-26,32H,1,4-5,12-19H2. The Balaban J connectivity index is 1.26. The predicted octanol–water partition coefficient (Wildman–Crippen LogP) is 4.31. The van der Waals surface area contributed by atoms with E-state index in [1.807, 2.05) is 35.2 Å². The molecule has 1 amide bonds. The zero-order valence-corrected chi connectivity index (χ0v) is 20.0. The highest BCUT2D eigenvalue weighted by molar-refractivity contribution is 6.30. The average Bonchev–Trinajstić information content (AvgIpc) is 3.23. The van der Waals surface area contributed by atoms with Crippen molar-refractivity contribution in [1.82, 2.24) is 9.80 Å². The van der Waals surface area contributed by atoms with E-state index in [0.29, 0.717) is 6.54 Å². The molecule has 3 heterocycles. The van der Waals surface area contributed by atoms with Crippen LogP contribution in [0.4, 0.5) is 5.69 Å². The SMILES string of the molecule is O=C(C1Cc2ccccc2N1Cc1ccc(Cl)cc1)N1CCC(C(O)N2CCCCC2)CC1. The maximum atomic E-state index is 13.7. The molecule has 2 aromatic rings. The fourth-order valence-corrected chi connectivity index (χ4v) is 5.89. The number of benzene rings is 2. The van der Waals surface area contributed by atoms with Gasteiger partial charge in [0.2, 0.25) is 5.91 Å². The van der Waals surface area contributed by atoms with Gasteiger partial charge in [-0.05, 0) is 55.0 Å². The lowest BCUT2D eigenvalue weighted by atomic mass is 9.92. The van der Waals surface area contributed by atoms with Crippen LogP contribution in [0.2, 0.25) is 5.02 Å². The summed E-state index contributed by atoms with van der Waals surface area (Å²) in [6.45, 7) is 4.15. The number of carbonyl (C=O) groups excluding carboxylic acids is 1. The number of likely N-dealkylation sites (tertiary alicyclic amines) is 2. The molecule has 0 radical (unpaired) electrons.